The van der Waals surface area contributed by atoms with E-state index in [9.17, 15) is 22.4 Å². The molecule has 0 bridgehead atoms. The zero-order chi connectivity index (χ0) is 15.7. The van der Waals surface area contributed by atoms with Crippen LogP contribution in [0.5, 0.6) is 0 Å². The Kier molecular flexibility index (Phi) is 4.22. The SMILES string of the molecule is CCN(C(=O)C1(C(F)(F)F)CCNC1)c1ccc(F)cc1. The van der Waals surface area contributed by atoms with Crippen LogP contribution < -0.4 is 10.2 Å². The van der Waals surface area contributed by atoms with E-state index in [0.717, 1.165) is 17.0 Å². The van der Waals surface area contributed by atoms with Crippen molar-refractivity contribution in [1.29, 1.82) is 0 Å². The number of nitrogens with one attached hydrogen (secondary N) is 1. The summed E-state index contributed by atoms with van der Waals surface area (Å²) in [6, 6.07) is 4.86. The van der Waals surface area contributed by atoms with E-state index in [0.29, 0.717) is 0 Å². The summed E-state index contributed by atoms with van der Waals surface area (Å²) in [6.45, 7) is 1.40. The zero-order valence-electron chi connectivity index (χ0n) is 11.5. The van der Waals surface area contributed by atoms with Gasteiger partial charge in [0.2, 0.25) is 5.91 Å². The summed E-state index contributed by atoms with van der Waals surface area (Å²) in [7, 11) is 0. The molecule has 1 saturated heterocycles. The van der Waals surface area contributed by atoms with Crippen LogP contribution in [0.3, 0.4) is 0 Å². The predicted molar refractivity (Wildman–Crippen MR) is 70.4 cm³/mol. The number of hydrogen-bond acceptors (Lipinski definition) is 2. The summed E-state index contributed by atoms with van der Waals surface area (Å²) >= 11 is 0. The monoisotopic (exact) mass is 304 g/mol. The maximum Gasteiger partial charge on any atom is 0.404 e. The molecule has 0 saturated carbocycles. The second kappa shape index (κ2) is 5.63. The quantitative estimate of drug-likeness (QED) is 0.871. The number of rotatable bonds is 3. The predicted octanol–water partition coefficient (Wildman–Crippen LogP) is 2.72. The van der Waals surface area contributed by atoms with Gasteiger partial charge in [-0.25, -0.2) is 4.39 Å². The molecule has 116 valence electrons. The number of benzene rings is 1. The van der Waals surface area contributed by atoms with Gasteiger partial charge in [0.1, 0.15) is 5.82 Å². The molecule has 1 aliphatic heterocycles. The lowest BCUT2D eigenvalue weighted by Gasteiger charge is -2.34. The van der Waals surface area contributed by atoms with E-state index in [1.807, 2.05) is 0 Å². The fourth-order valence-electron chi connectivity index (χ4n) is 2.56. The Bertz CT molecular complexity index is 507. The normalized spacial score (nSPS) is 22.3. The van der Waals surface area contributed by atoms with Crippen LogP contribution in [0.2, 0.25) is 0 Å². The third kappa shape index (κ3) is 2.74. The standard InChI is InChI=1S/C14H16F4N2O/c1-2-20(11-5-3-10(15)4-6-11)12(21)13(14(16,17)18)7-8-19-9-13/h3-6,19H,2,7-9H2,1H3. The first-order valence-corrected chi connectivity index (χ1v) is 6.67. The van der Waals surface area contributed by atoms with Gasteiger partial charge in [-0.3, -0.25) is 4.79 Å². The van der Waals surface area contributed by atoms with E-state index in [2.05, 4.69) is 5.32 Å². The van der Waals surface area contributed by atoms with Gasteiger partial charge in [-0.1, -0.05) is 0 Å². The highest BCUT2D eigenvalue weighted by molar-refractivity contribution is 5.98. The topological polar surface area (TPSA) is 32.3 Å². The van der Waals surface area contributed by atoms with Crippen molar-refractivity contribution in [2.75, 3.05) is 24.5 Å². The molecule has 2 rings (SSSR count). The molecule has 1 heterocycles. The molecule has 0 aromatic heterocycles. The maximum atomic E-state index is 13.4. The van der Waals surface area contributed by atoms with Gasteiger partial charge < -0.3 is 10.2 Å². The Morgan fingerprint density at radius 2 is 1.95 bits per heavy atom. The van der Waals surface area contributed by atoms with Gasteiger partial charge in [-0.2, -0.15) is 13.2 Å². The van der Waals surface area contributed by atoms with Gasteiger partial charge in [0.25, 0.3) is 0 Å². The van der Waals surface area contributed by atoms with Gasteiger partial charge in [0.15, 0.2) is 5.41 Å². The van der Waals surface area contributed by atoms with Crippen LogP contribution in [-0.2, 0) is 4.79 Å². The van der Waals surface area contributed by atoms with Crippen LogP contribution in [0.4, 0.5) is 23.2 Å². The van der Waals surface area contributed by atoms with E-state index in [1.165, 1.54) is 12.1 Å². The van der Waals surface area contributed by atoms with Crippen LogP contribution in [0, 0.1) is 11.2 Å². The van der Waals surface area contributed by atoms with Crippen LogP contribution in [0.1, 0.15) is 13.3 Å². The summed E-state index contributed by atoms with van der Waals surface area (Å²) in [5, 5.41) is 2.61. The summed E-state index contributed by atoms with van der Waals surface area (Å²) < 4.78 is 53.1. The lowest BCUT2D eigenvalue weighted by atomic mass is 9.84. The molecule has 1 atom stereocenters. The average Bonchev–Trinajstić information content (AvgIpc) is 2.92. The highest BCUT2D eigenvalue weighted by Crippen LogP contribution is 2.45. The van der Waals surface area contributed by atoms with E-state index < -0.39 is 29.9 Å². The first-order chi connectivity index (χ1) is 9.82. The number of carbonyl (C=O) groups is 1. The number of nitrogens with zero attached hydrogens (tertiary/aromatic N) is 1. The highest BCUT2D eigenvalue weighted by Gasteiger charge is 2.62. The molecule has 1 amide bonds. The Hall–Kier alpha value is -1.63. The maximum absolute atomic E-state index is 13.4. The second-order valence-corrected chi connectivity index (χ2v) is 5.03. The van der Waals surface area contributed by atoms with Crippen LogP contribution in [0.25, 0.3) is 0 Å². The summed E-state index contributed by atoms with van der Waals surface area (Å²) in [4.78, 5) is 13.6. The minimum atomic E-state index is -4.62. The van der Waals surface area contributed by atoms with Crippen molar-refractivity contribution in [2.45, 2.75) is 19.5 Å². The third-order valence-corrected chi connectivity index (χ3v) is 3.81. The summed E-state index contributed by atoms with van der Waals surface area (Å²) in [6.07, 6.45) is -4.91. The molecule has 1 aromatic carbocycles. The largest absolute Gasteiger partial charge is 0.404 e. The Morgan fingerprint density at radius 1 is 1.33 bits per heavy atom. The molecule has 1 fully saturated rings. The van der Waals surface area contributed by atoms with Gasteiger partial charge in [0.05, 0.1) is 0 Å². The number of carbonyl (C=O) groups excluding carboxylic acids is 1. The van der Waals surface area contributed by atoms with Crippen LogP contribution >= 0.6 is 0 Å². The molecule has 0 radical (unpaired) electrons. The van der Waals surface area contributed by atoms with E-state index in [1.54, 1.807) is 6.92 Å². The molecule has 1 aliphatic rings. The van der Waals surface area contributed by atoms with Crippen molar-refractivity contribution in [3.63, 3.8) is 0 Å². The minimum absolute atomic E-state index is 0.0856. The molecule has 1 aromatic rings. The molecule has 1 unspecified atom stereocenters. The van der Waals surface area contributed by atoms with Crippen molar-refractivity contribution < 1.29 is 22.4 Å². The molecule has 1 N–H and O–H groups in total. The number of hydrogen-bond donors (Lipinski definition) is 1. The Morgan fingerprint density at radius 3 is 2.38 bits per heavy atom. The first-order valence-electron chi connectivity index (χ1n) is 6.67. The van der Waals surface area contributed by atoms with E-state index in [4.69, 9.17) is 0 Å². The number of alkyl halides is 3. The molecule has 7 heteroatoms. The van der Waals surface area contributed by atoms with Crippen LogP contribution in [-0.4, -0.2) is 31.7 Å². The molecule has 21 heavy (non-hydrogen) atoms. The zero-order valence-corrected chi connectivity index (χ0v) is 11.5. The summed E-state index contributed by atoms with van der Waals surface area (Å²) in [5.41, 5.74) is -2.14. The van der Waals surface area contributed by atoms with E-state index in [-0.39, 0.29) is 25.2 Å². The minimum Gasteiger partial charge on any atom is -0.315 e. The van der Waals surface area contributed by atoms with Gasteiger partial charge >= 0.3 is 6.18 Å². The average molecular weight is 304 g/mol. The first kappa shape index (κ1) is 15.8. The van der Waals surface area contributed by atoms with Crippen molar-refractivity contribution >= 4 is 11.6 Å². The van der Waals surface area contributed by atoms with Gasteiger partial charge in [-0.15, -0.1) is 0 Å². The lowest BCUT2D eigenvalue weighted by molar-refractivity contribution is -0.214. The molecule has 3 nitrogen and oxygen atoms in total. The fraction of sp³-hybridized carbons (Fsp3) is 0.500. The number of halogens is 4. The molecular weight excluding hydrogens is 288 g/mol. The molecule has 0 aliphatic carbocycles. The van der Waals surface area contributed by atoms with Crippen LogP contribution in [0.15, 0.2) is 24.3 Å². The number of anilines is 1. The smallest absolute Gasteiger partial charge is 0.315 e. The van der Waals surface area contributed by atoms with Crippen molar-refractivity contribution in [3.8, 4) is 0 Å². The fourth-order valence-corrected chi connectivity index (χ4v) is 2.56. The van der Waals surface area contributed by atoms with Gasteiger partial charge in [-0.05, 0) is 44.2 Å². The van der Waals surface area contributed by atoms with E-state index >= 15 is 0 Å². The Balaban J connectivity index is 2.37. The molecule has 0 spiro atoms. The highest BCUT2D eigenvalue weighted by atomic mass is 19.4. The lowest BCUT2D eigenvalue weighted by Crippen LogP contribution is -2.53. The third-order valence-electron chi connectivity index (χ3n) is 3.81. The van der Waals surface area contributed by atoms with Crippen molar-refractivity contribution in [1.82, 2.24) is 5.32 Å². The molecular formula is C14H16F4N2O. The summed E-state index contributed by atoms with van der Waals surface area (Å²) in [5.74, 6) is -1.50. The second-order valence-electron chi connectivity index (χ2n) is 5.03. The number of amides is 1. The Labute approximate surface area is 119 Å². The van der Waals surface area contributed by atoms with Gasteiger partial charge in [0, 0.05) is 18.8 Å². The van der Waals surface area contributed by atoms with Crippen molar-refractivity contribution in [3.05, 3.63) is 30.1 Å². The van der Waals surface area contributed by atoms with Crippen molar-refractivity contribution in [2.24, 2.45) is 5.41 Å².